The van der Waals surface area contributed by atoms with E-state index >= 15 is 0 Å². The van der Waals surface area contributed by atoms with E-state index in [0.29, 0.717) is 21.8 Å². The predicted octanol–water partition coefficient (Wildman–Crippen LogP) is 4.14. The molecule has 0 bridgehead atoms. The van der Waals surface area contributed by atoms with Crippen molar-refractivity contribution in [2.75, 3.05) is 0 Å². The van der Waals surface area contributed by atoms with Crippen molar-refractivity contribution in [2.24, 2.45) is 4.99 Å². The lowest BCUT2D eigenvalue weighted by atomic mass is 10.1. The molecule has 0 radical (unpaired) electrons. The topological polar surface area (TPSA) is 32.7 Å². The molecular weight excluding hydrogens is 323 g/mol. The number of halogens is 1. The van der Waals surface area contributed by atoms with E-state index < -0.39 is 5.66 Å². The molecule has 1 aliphatic rings. The third-order valence-electron chi connectivity index (χ3n) is 3.96. The Morgan fingerprint density at radius 1 is 1.08 bits per heavy atom. The van der Waals surface area contributed by atoms with Crippen molar-refractivity contribution in [3.8, 4) is 0 Å². The van der Waals surface area contributed by atoms with Crippen molar-refractivity contribution < 1.29 is 9.18 Å². The van der Waals surface area contributed by atoms with Crippen molar-refractivity contribution in [3.63, 3.8) is 0 Å². The van der Waals surface area contributed by atoms with Crippen LogP contribution in [0.25, 0.3) is 0 Å². The summed E-state index contributed by atoms with van der Waals surface area (Å²) in [6.07, 6.45) is 0. The van der Waals surface area contributed by atoms with Crippen LogP contribution in [0.4, 0.5) is 4.39 Å². The SMILES string of the molecule is Cc1ccc(C(=O)N2C(=S)C(c3ccc(F)cc3)=NC2(C)C)cc1. The first-order valence-corrected chi connectivity index (χ1v) is 8.02. The molecule has 122 valence electrons. The van der Waals surface area contributed by atoms with Gasteiger partial charge >= 0.3 is 0 Å². The fraction of sp³-hybridized carbons (Fsp3) is 0.211. The summed E-state index contributed by atoms with van der Waals surface area (Å²) in [7, 11) is 0. The van der Waals surface area contributed by atoms with E-state index in [9.17, 15) is 9.18 Å². The zero-order valence-electron chi connectivity index (χ0n) is 13.7. The molecule has 0 aromatic heterocycles. The molecular formula is C19H17FN2OS. The molecule has 0 N–H and O–H groups in total. The molecule has 0 fully saturated rings. The van der Waals surface area contributed by atoms with Gasteiger partial charge in [-0.15, -0.1) is 0 Å². The first-order valence-electron chi connectivity index (χ1n) is 7.61. The van der Waals surface area contributed by atoms with E-state index in [-0.39, 0.29) is 11.7 Å². The molecule has 0 atom stereocenters. The number of aliphatic imine (C=N–C) groups is 1. The number of aryl methyl sites for hydroxylation is 1. The van der Waals surface area contributed by atoms with Crippen LogP contribution in [-0.2, 0) is 0 Å². The van der Waals surface area contributed by atoms with E-state index in [2.05, 4.69) is 4.99 Å². The molecule has 2 aromatic rings. The van der Waals surface area contributed by atoms with Crippen molar-refractivity contribution in [2.45, 2.75) is 26.4 Å². The molecule has 1 heterocycles. The third-order valence-corrected chi connectivity index (χ3v) is 4.33. The predicted molar refractivity (Wildman–Crippen MR) is 97.0 cm³/mol. The highest BCUT2D eigenvalue weighted by atomic mass is 32.1. The lowest BCUT2D eigenvalue weighted by Gasteiger charge is -2.29. The van der Waals surface area contributed by atoms with Crippen molar-refractivity contribution in [1.82, 2.24) is 4.90 Å². The molecule has 24 heavy (non-hydrogen) atoms. The summed E-state index contributed by atoms with van der Waals surface area (Å²) in [5.41, 5.74) is 2.09. The normalized spacial score (nSPS) is 16.2. The van der Waals surface area contributed by atoms with Gasteiger partial charge in [-0.2, -0.15) is 0 Å². The van der Waals surface area contributed by atoms with Crippen molar-refractivity contribution >= 4 is 28.8 Å². The molecule has 3 nitrogen and oxygen atoms in total. The quantitative estimate of drug-likeness (QED) is 0.770. The second-order valence-corrected chi connectivity index (χ2v) is 6.66. The Kier molecular flexibility index (Phi) is 4.05. The number of benzene rings is 2. The Bertz CT molecular complexity index is 839. The molecule has 0 saturated carbocycles. The van der Waals surface area contributed by atoms with E-state index in [1.165, 1.54) is 17.0 Å². The van der Waals surface area contributed by atoms with Gasteiger partial charge in [0.25, 0.3) is 5.91 Å². The van der Waals surface area contributed by atoms with Crippen LogP contribution in [0.3, 0.4) is 0 Å². The standard InChI is InChI=1S/C19H17FN2OS/c1-12-4-6-14(7-5-12)17(23)22-18(24)16(21-19(22,2)3)13-8-10-15(20)11-9-13/h4-11H,1-3H3. The van der Waals surface area contributed by atoms with Crippen LogP contribution in [0.5, 0.6) is 0 Å². The molecule has 3 rings (SSSR count). The summed E-state index contributed by atoms with van der Waals surface area (Å²) in [5, 5.41) is 0. The highest BCUT2D eigenvalue weighted by molar-refractivity contribution is 7.82. The fourth-order valence-electron chi connectivity index (χ4n) is 2.69. The van der Waals surface area contributed by atoms with E-state index in [1.807, 2.05) is 32.9 Å². The molecule has 1 amide bonds. The number of amides is 1. The van der Waals surface area contributed by atoms with Gasteiger partial charge < -0.3 is 0 Å². The van der Waals surface area contributed by atoms with Gasteiger partial charge in [-0.25, -0.2) is 4.39 Å². The number of carbonyl (C=O) groups excluding carboxylic acids is 1. The van der Waals surface area contributed by atoms with Crippen LogP contribution in [0.1, 0.15) is 35.3 Å². The Balaban J connectivity index is 1.96. The van der Waals surface area contributed by atoms with Gasteiger partial charge in [0.15, 0.2) is 0 Å². The lowest BCUT2D eigenvalue weighted by Crippen LogP contribution is -2.46. The van der Waals surface area contributed by atoms with E-state index in [0.717, 1.165) is 5.56 Å². The third kappa shape index (κ3) is 2.87. The summed E-state index contributed by atoms with van der Waals surface area (Å²) >= 11 is 5.51. The second-order valence-electron chi connectivity index (χ2n) is 6.27. The van der Waals surface area contributed by atoms with E-state index in [4.69, 9.17) is 12.2 Å². The fourth-order valence-corrected chi connectivity index (χ4v) is 3.16. The zero-order chi connectivity index (χ0) is 17.5. The number of nitrogens with zero attached hydrogens (tertiary/aromatic N) is 2. The first kappa shape index (κ1) is 16.5. The number of hydrogen-bond acceptors (Lipinski definition) is 3. The van der Waals surface area contributed by atoms with Gasteiger partial charge in [0.2, 0.25) is 0 Å². The molecule has 2 aromatic carbocycles. The van der Waals surface area contributed by atoms with Gasteiger partial charge in [0.1, 0.15) is 22.2 Å². The average Bonchev–Trinajstić information content (AvgIpc) is 2.78. The Morgan fingerprint density at radius 3 is 2.25 bits per heavy atom. The minimum absolute atomic E-state index is 0.189. The van der Waals surface area contributed by atoms with Crippen LogP contribution in [0, 0.1) is 12.7 Å². The largest absolute Gasteiger partial charge is 0.272 e. The molecule has 5 heteroatoms. The number of hydrogen-bond donors (Lipinski definition) is 0. The Morgan fingerprint density at radius 2 is 1.67 bits per heavy atom. The maximum Gasteiger partial charge on any atom is 0.260 e. The monoisotopic (exact) mass is 340 g/mol. The minimum atomic E-state index is -0.789. The minimum Gasteiger partial charge on any atom is -0.272 e. The lowest BCUT2D eigenvalue weighted by molar-refractivity contribution is 0.0758. The smallest absolute Gasteiger partial charge is 0.260 e. The summed E-state index contributed by atoms with van der Waals surface area (Å²) in [5.74, 6) is -0.513. The van der Waals surface area contributed by atoms with Crippen LogP contribution in [0.15, 0.2) is 53.5 Å². The van der Waals surface area contributed by atoms with Crippen LogP contribution in [0.2, 0.25) is 0 Å². The molecule has 0 unspecified atom stereocenters. The number of carbonyl (C=O) groups is 1. The summed E-state index contributed by atoms with van der Waals surface area (Å²) < 4.78 is 13.1. The van der Waals surface area contributed by atoms with Gasteiger partial charge in [-0.3, -0.25) is 14.7 Å². The number of thiocarbonyl (C=S) groups is 1. The molecule has 0 spiro atoms. The second kappa shape index (κ2) is 5.91. The maximum absolute atomic E-state index is 13.1. The highest BCUT2D eigenvalue weighted by Crippen LogP contribution is 2.29. The van der Waals surface area contributed by atoms with Gasteiger partial charge in [0, 0.05) is 11.1 Å². The molecule has 1 aliphatic heterocycles. The van der Waals surface area contributed by atoms with Crippen molar-refractivity contribution in [3.05, 3.63) is 71.0 Å². The summed E-state index contributed by atoms with van der Waals surface area (Å²) in [6, 6.07) is 13.3. The summed E-state index contributed by atoms with van der Waals surface area (Å²) in [4.78, 5) is 19.4. The van der Waals surface area contributed by atoms with Crippen LogP contribution >= 0.6 is 12.2 Å². The Hall–Kier alpha value is -2.40. The van der Waals surface area contributed by atoms with Crippen molar-refractivity contribution in [1.29, 1.82) is 0 Å². The maximum atomic E-state index is 13.1. The number of rotatable bonds is 2. The van der Waals surface area contributed by atoms with Gasteiger partial charge in [0.05, 0.1) is 0 Å². The zero-order valence-corrected chi connectivity index (χ0v) is 14.5. The molecule has 0 saturated heterocycles. The Labute approximate surface area is 145 Å². The average molecular weight is 340 g/mol. The van der Waals surface area contributed by atoms with Crippen LogP contribution < -0.4 is 0 Å². The summed E-state index contributed by atoms with van der Waals surface area (Å²) in [6.45, 7) is 5.64. The highest BCUT2D eigenvalue weighted by Gasteiger charge is 2.42. The van der Waals surface area contributed by atoms with Crippen LogP contribution in [-0.4, -0.2) is 27.2 Å². The van der Waals surface area contributed by atoms with Gasteiger partial charge in [-0.1, -0.05) is 29.9 Å². The molecule has 0 aliphatic carbocycles. The first-order chi connectivity index (χ1) is 11.3. The van der Waals surface area contributed by atoms with E-state index in [1.54, 1.807) is 24.3 Å². The van der Waals surface area contributed by atoms with Gasteiger partial charge in [-0.05, 0) is 57.2 Å².